The molecule has 0 unspecified atom stereocenters. The van der Waals surface area contributed by atoms with E-state index in [2.05, 4.69) is 6.58 Å². The van der Waals surface area contributed by atoms with Crippen molar-refractivity contribution in [1.82, 2.24) is 0 Å². The Morgan fingerprint density at radius 1 is 1.35 bits per heavy atom. The summed E-state index contributed by atoms with van der Waals surface area (Å²) < 4.78 is 0. The largest absolute Gasteiger partial charge is 0.303 e. The standard InChI is InChI=1S/C13H15NO3/c1-2-6-12(10-15)13(9-14(16)17)11-7-4-3-5-8-11/h2-5,7-8,10,12-13H,1,6,9H2/t12-,13+/m0/s1. The Balaban J connectivity index is 2.97. The van der Waals surface area contributed by atoms with Gasteiger partial charge < -0.3 is 4.79 Å². The molecule has 1 aromatic carbocycles. The van der Waals surface area contributed by atoms with Crippen molar-refractivity contribution < 1.29 is 9.72 Å². The van der Waals surface area contributed by atoms with Gasteiger partial charge in [0.1, 0.15) is 6.29 Å². The van der Waals surface area contributed by atoms with E-state index < -0.39 is 0 Å². The highest BCUT2D eigenvalue weighted by Crippen LogP contribution is 2.26. The van der Waals surface area contributed by atoms with Crippen molar-refractivity contribution in [2.24, 2.45) is 5.92 Å². The smallest absolute Gasteiger partial charge is 0.211 e. The zero-order valence-electron chi connectivity index (χ0n) is 9.49. The minimum Gasteiger partial charge on any atom is -0.303 e. The third kappa shape index (κ3) is 3.83. The molecule has 0 amide bonds. The molecule has 0 aromatic heterocycles. The van der Waals surface area contributed by atoms with Gasteiger partial charge in [-0.2, -0.15) is 0 Å². The second-order valence-electron chi connectivity index (χ2n) is 3.86. The van der Waals surface area contributed by atoms with E-state index in [-0.39, 0.29) is 23.3 Å². The molecule has 0 aliphatic carbocycles. The molecule has 0 radical (unpaired) electrons. The summed E-state index contributed by atoms with van der Waals surface area (Å²) in [6.45, 7) is 3.34. The third-order valence-corrected chi connectivity index (χ3v) is 2.70. The van der Waals surface area contributed by atoms with Crippen LogP contribution >= 0.6 is 0 Å². The molecule has 0 spiro atoms. The fraction of sp³-hybridized carbons (Fsp3) is 0.308. The lowest BCUT2D eigenvalue weighted by molar-refractivity contribution is -0.484. The molecule has 0 bridgehead atoms. The molecule has 0 saturated carbocycles. The summed E-state index contributed by atoms with van der Waals surface area (Å²) in [6.07, 6.45) is 2.86. The first-order valence-corrected chi connectivity index (χ1v) is 5.42. The number of nitrogens with zero attached hydrogens (tertiary/aromatic N) is 1. The van der Waals surface area contributed by atoms with Gasteiger partial charge in [0.2, 0.25) is 6.54 Å². The van der Waals surface area contributed by atoms with Gasteiger partial charge in [-0.3, -0.25) is 10.1 Å². The van der Waals surface area contributed by atoms with Crippen molar-refractivity contribution in [1.29, 1.82) is 0 Å². The maximum atomic E-state index is 11.0. The van der Waals surface area contributed by atoms with Crippen molar-refractivity contribution in [3.63, 3.8) is 0 Å². The van der Waals surface area contributed by atoms with Crippen LogP contribution in [0.2, 0.25) is 0 Å². The summed E-state index contributed by atoms with van der Waals surface area (Å²) in [5, 5.41) is 10.7. The number of carbonyl (C=O) groups is 1. The molecule has 90 valence electrons. The molecule has 0 saturated heterocycles. The predicted molar refractivity (Wildman–Crippen MR) is 65.4 cm³/mol. The summed E-state index contributed by atoms with van der Waals surface area (Å²) in [7, 11) is 0. The second kappa shape index (κ2) is 6.58. The van der Waals surface area contributed by atoms with Crippen LogP contribution < -0.4 is 0 Å². The Bertz CT molecular complexity index is 389. The lowest BCUT2D eigenvalue weighted by Crippen LogP contribution is -2.22. The van der Waals surface area contributed by atoms with Crippen LogP contribution in [-0.4, -0.2) is 17.8 Å². The number of hydrogen-bond donors (Lipinski definition) is 0. The van der Waals surface area contributed by atoms with Crippen LogP contribution in [0.3, 0.4) is 0 Å². The van der Waals surface area contributed by atoms with Crippen LogP contribution in [-0.2, 0) is 4.79 Å². The van der Waals surface area contributed by atoms with Gasteiger partial charge in [0, 0.05) is 10.8 Å². The van der Waals surface area contributed by atoms with Gasteiger partial charge in [0.05, 0.1) is 5.92 Å². The number of rotatable bonds is 7. The van der Waals surface area contributed by atoms with E-state index in [1.807, 2.05) is 30.3 Å². The maximum Gasteiger partial charge on any atom is 0.211 e. The first-order valence-electron chi connectivity index (χ1n) is 5.42. The zero-order chi connectivity index (χ0) is 12.7. The van der Waals surface area contributed by atoms with Crippen LogP contribution in [0.25, 0.3) is 0 Å². The number of hydrogen-bond acceptors (Lipinski definition) is 3. The number of carbonyl (C=O) groups excluding carboxylic acids is 1. The van der Waals surface area contributed by atoms with Gasteiger partial charge in [-0.1, -0.05) is 36.4 Å². The lowest BCUT2D eigenvalue weighted by Gasteiger charge is -2.18. The highest BCUT2D eigenvalue weighted by Gasteiger charge is 2.26. The Morgan fingerprint density at radius 3 is 2.47 bits per heavy atom. The van der Waals surface area contributed by atoms with E-state index in [4.69, 9.17) is 0 Å². The van der Waals surface area contributed by atoms with E-state index in [1.54, 1.807) is 6.08 Å². The number of aldehydes is 1. The molecule has 0 aliphatic heterocycles. The molecular formula is C13H15NO3. The molecule has 1 rings (SSSR count). The number of benzene rings is 1. The summed E-state index contributed by atoms with van der Waals surface area (Å²) in [6, 6.07) is 9.10. The minimum atomic E-state index is -0.389. The fourth-order valence-corrected chi connectivity index (χ4v) is 1.86. The van der Waals surface area contributed by atoms with Crippen LogP contribution in [0, 0.1) is 16.0 Å². The summed E-state index contributed by atoms with van der Waals surface area (Å²) >= 11 is 0. The molecule has 0 heterocycles. The Morgan fingerprint density at radius 2 is 2.00 bits per heavy atom. The molecule has 0 N–H and O–H groups in total. The van der Waals surface area contributed by atoms with Crippen molar-refractivity contribution in [3.05, 3.63) is 58.7 Å². The minimum absolute atomic E-state index is 0.235. The van der Waals surface area contributed by atoms with Crippen LogP contribution in [0.5, 0.6) is 0 Å². The SMILES string of the molecule is C=CC[C@@H](C=O)[C@H](C[N+](=O)[O-])c1ccccc1. The Hall–Kier alpha value is -1.97. The average Bonchev–Trinajstić information content (AvgIpc) is 2.34. The first kappa shape index (κ1) is 13.1. The molecule has 4 heteroatoms. The molecule has 0 fully saturated rings. The highest BCUT2D eigenvalue weighted by molar-refractivity contribution is 5.56. The van der Waals surface area contributed by atoms with E-state index >= 15 is 0 Å². The lowest BCUT2D eigenvalue weighted by atomic mass is 9.85. The third-order valence-electron chi connectivity index (χ3n) is 2.70. The maximum absolute atomic E-state index is 11.0. The van der Waals surface area contributed by atoms with E-state index in [9.17, 15) is 14.9 Å². The van der Waals surface area contributed by atoms with Crippen molar-refractivity contribution in [2.45, 2.75) is 12.3 Å². The van der Waals surface area contributed by atoms with E-state index in [0.717, 1.165) is 11.8 Å². The summed E-state index contributed by atoms with van der Waals surface area (Å²) in [5.74, 6) is -0.776. The summed E-state index contributed by atoms with van der Waals surface area (Å²) in [4.78, 5) is 21.3. The number of allylic oxidation sites excluding steroid dienone is 1. The van der Waals surface area contributed by atoms with Crippen molar-refractivity contribution in [2.75, 3.05) is 6.54 Å². The quantitative estimate of drug-likeness (QED) is 0.314. The monoisotopic (exact) mass is 233 g/mol. The zero-order valence-corrected chi connectivity index (χ0v) is 9.49. The van der Waals surface area contributed by atoms with Gasteiger partial charge in [-0.25, -0.2) is 0 Å². The van der Waals surface area contributed by atoms with Crippen molar-refractivity contribution >= 4 is 6.29 Å². The fourth-order valence-electron chi connectivity index (χ4n) is 1.86. The van der Waals surface area contributed by atoms with Gasteiger partial charge in [-0.15, -0.1) is 6.58 Å². The van der Waals surface area contributed by atoms with Gasteiger partial charge >= 0.3 is 0 Å². The predicted octanol–water partition coefficient (Wildman–Crippen LogP) is 2.44. The Labute approximate surface area is 100 Å². The topological polar surface area (TPSA) is 60.2 Å². The molecule has 17 heavy (non-hydrogen) atoms. The van der Waals surface area contributed by atoms with Gasteiger partial charge in [-0.05, 0) is 12.0 Å². The number of nitro groups is 1. The normalized spacial score (nSPS) is 13.6. The van der Waals surface area contributed by atoms with Crippen LogP contribution in [0.1, 0.15) is 17.9 Å². The summed E-state index contributed by atoms with van der Waals surface area (Å²) in [5.41, 5.74) is 0.822. The molecular weight excluding hydrogens is 218 g/mol. The van der Waals surface area contributed by atoms with Gasteiger partial charge in [0.15, 0.2) is 0 Å². The van der Waals surface area contributed by atoms with Crippen LogP contribution in [0.4, 0.5) is 0 Å². The van der Waals surface area contributed by atoms with E-state index in [0.29, 0.717) is 6.42 Å². The van der Waals surface area contributed by atoms with Crippen LogP contribution in [0.15, 0.2) is 43.0 Å². The highest BCUT2D eigenvalue weighted by atomic mass is 16.6. The molecule has 4 nitrogen and oxygen atoms in total. The van der Waals surface area contributed by atoms with Crippen molar-refractivity contribution in [3.8, 4) is 0 Å². The second-order valence-corrected chi connectivity index (χ2v) is 3.86. The molecule has 1 aromatic rings. The average molecular weight is 233 g/mol. The van der Waals surface area contributed by atoms with E-state index in [1.165, 1.54) is 0 Å². The molecule has 0 aliphatic rings. The molecule has 2 atom stereocenters. The first-order chi connectivity index (χ1) is 8.19. The van der Waals surface area contributed by atoms with Gasteiger partial charge in [0.25, 0.3) is 0 Å². The Kier molecular flexibility index (Phi) is 5.07.